The molecule has 19 heavy (non-hydrogen) atoms. The second-order valence-electron chi connectivity index (χ2n) is 4.78. The highest BCUT2D eigenvalue weighted by atomic mass is 16.5. The number of rotatable bonds is 7. The van der Waals surface area contributed by atoms with Crippen LogP contribution in [0.3, 0.4) is 0 Å². The van der Waals surface area contributed by atoms with Gasteiger partial charge >= 0.3 is 0 Å². The van der Waals surface area contributed by atoms with E-state index in [1.807, 2.05) is 26.1 Å². The van der Waals surface area contributed by atoms with Crippen LogP contribution >= 0.6 is 0 Å². The maximum Gasteiger partial charge on any atom is 0.129 e. The summed E-state index contributed by atoms with van der Waals surface area (Å²) in [4.78, 5) is 2.14. The first-order chi connectivity index (χ1) is 9.03. The van der Waals surface area contributed by atoms with Gasteiger partial charge in [-0.15, -0.1) is 0 Å². The molecule has 5 nitrogen and oxygen atoms in total. The fourth-order valence-corrected chi connectivity index (χ4v) is 2.19. The van der Waals surface area contributed by atoms with Gasteiger partial charge in [0.2, 0.25) is 0 Å². The molecule has 4 N–H and O–H groups in total. The van der Waals surface area contributed by atoms with Crippen molar-refractivity contribution in [2.45, 2.75) is 19.5 Å². The van der Waals surface area contributed by atoms with Crippen molar-refractivity contribution in [3.8, 4) is 11.5 Å². The molecule has 0 aliphatic rings. The molecule has 0 radical (unpaired) electrons. The Balaban J connectivity index is 2.86. The van der Waals surface area contributed by atoms with E-state index in [1.54, 1.807) is 14.2 Å². The molecule has 0 saturated heterocycles. The zero-order valence-corrected chi connectivity index (χ0v) is 12.3. The molecule has 1 aromatic rings. The van der Waals surface area contributed by atoms with Gasteiger partial charge in [-0.2, -0.15) is 0 Å². The van der Waals surface area contributed by atoms with Crippen molar-refractivity contribution in [2.75, 3.05) is 34.4 Å². The van der Waals surface area contributed by atoms with Gasteiger partial charge < -0.3 is 25.8 Å². The van der Waals surface area contributed by atoms with E-state index >= 15 is 0 Å². The molecule has 1 aromatic carbocycles. The SMILES string of the molecule is COc1ccc(CN(C)CC(N)CN)c(OC)c1C. The number of benzene rings is 1. The number of likely N-dealkylation sites (N-methyl/N-ethyl adjacent to an activating group) is 1. The van der Waals surface area contributed by atoms with Gasteiger partial charge in [0.05, 0.1) is 14.2 Å². The van der Waals surface area contributed by atoms with Crippen LogP contribution < -0.4 is 20.9 Å². The van der Waals surface area contributed by atoms with E-state index in [4.69, 9.17) is 20.9 Å². The molecule has 5 heteroatoms. The molecule has 1 unspecified atom stereocenters. The third kappa shape index (κ3) is 4.09. The maximum atomic E-state index is 5.86. The minimum Gasteiger partial charge on any atom is -0.496 e. The van der Waals surface area contributed by atoms with Crippen molar-refractivity contribution in [2.24, 2.45) is 11.5 Å². The standard InChI is InChI=1S/C14H25N3O2/c1-10-13(18-3)6-5-11(14(10)19-4)8-17(2)9-12(16)7-15/h5-6,12H,7-9,15-16H2,1-4H3. The number of methoxy groups -OCH3 is 2. The van der Waals surface area contributed by atoms with Crippen molar-refractivity contribution < 1.29 is 9.47 Å². The molecule has 0 heterocycles. The topological polar surface area (TPSA) is 73.7 Å². The summed E-state index contributed by atoms with van der Waals surface area (Å²) in [5, 5.41) is 0. The van der Waals surface area contributed by atoms with Gasteiger partial charge in [-0.05, 0) is 20.0 Å². The predicted molar refractivity (Wildman–Crippen MR) is 77.6 cm³/mol. The van der Waals surface area contributed by atoms with E-state index in [1.165, 1.54) is 0 Å². The summed E-state index contributed by atoms with van der Waals surface area (Å²) in [5.74, 6) is 1.70. The van der Waals surface area contributed by atoms with Crippen molar-refractivity contribution in [1.29, 1.82) is 0 Å². The first-order valence-corrected chi connectivity index (χ1v) is 6.38. The largest absolute Gasteiger partial charge is 0.496 e. The second-order valence-corrected chi connectivity index (χ2v) is 4.78. The zero-order valence-electron chi connectivity index (χ0n) is 12.3. The van der Waals surface area contributed by atoms with E-state index in [0.717, 1.165) is 35.7 Å². The Bertz CT molecular complexity index is 410. The van der Waals surface area contributed by atoms with Crippen molar-refractivity contribution in [1.82, 2.24) is 4.90 Å². The summed E-state index contributed by atoms with van der Waals surface area (Å²) in [6.45, 7) is 4.00. The lowest BCUT2D eigenvalue weighted by Gasteiger charge is -2.22. The summed E-state index contributed by atoms with van der Waals surface area (Å²) in [6, 6.07) is 3.98. The summed E-state index contributed by atoms with van der Waals surface area (Å²) >= 11 is 0. The van der Waals surface area contributed by atoms with Gasteiger partial charge in [0.25, 0.3) is 0 Å². The first-order valence-electron chi connectivity index (χ1n) is 6.38. The summed E-state index contributed by atoms with van der Waals surface area (Å²) in [5.41, 5.74) is 13.5. The van der Waals surface area contributed by atoms with Crippen LogP contribution in [0.4, 0.5) is 0 Å². The number of nitrogens with two attached hydrogens (primary N) is 2. The van der Waals surface area contributed by atoms with Crippen molar-refractivity contribution in [3.05, 3.63) is 23.3 Å². The van der Waals surface area contributed by atoms with Gasteiger partial charge in [0.1, 0.15) is 11.5 Å². The van der Waals surface area contributed by atoms with Crippen LogP contribution in [0.25, 0.3) is 0 Å². The van der Waals surface area contributed by atoms with Gasteiger partial charge in [-0.1, -0.05) is 6.07 Å². The maximum absolute atomic E-state index is 5.86. The molecule has 1 atom stereocenters. The first kappa shape index (κ1) is 15.8. The zero-order chi connectivity index (χ0) is 14.4. The van der Waals surface area contributed by atoms with E-state index in [2.05, 4.69) is 4.90 Å². The van der Waals surface area contributed by atoms with Gasteiger partial charge in [-0.25, -0.2) is 0 Å². The highest BCUT2D eigenvalue weighted by Crippen LogP contribution is 2.31. The van der Waals surface area contributed by atoms with Crippen LogP contribution in [0.15, 0.2) is 12.1 Å². The van der Waals surface area contributed by atoms with Gasteiger partial charge in [-0.3, -0.25) is 0 Å². The molecular weight excluding hydrogens is 242 g/mol. The second kappa shape index (κ2) is 7.33. The smallest absolute Gasteiger partial charge is 0.129 e. The monoisotopic (exact) mass is 267 g/mol. The molecule has 0 bridgehead atoms. The minimum absolute atomic E-state index is 0.00431. The van der Waals surface area contributed by atoms with Crippen molar-refractivity contribution >= 4 is 0 Å². The molecule has 0 fully saturated rings. The highest BCUT2D eigenvalue weighted by molar-refractivity contribution is 5.49. The molecule has 0 spiro atoms. The third-order valence-electron chi connectivity index (χ3n) is 3.15. The summed E-state index contributed by atoms with van der Waals surface area (Å²) in [7, 11) is 5.36. The van der Waals surface area contributed by atoms with Crippen LogP contribution in [0.5, 0.6) is 11.5 Å². The Morgan fingerprint density at radius 1 is 1.26 bits per heavy atom. The molecular formula is C14H25N3O2. The van der Waals surface area contributed by atoms with E-state index in [0.29, 0.717) is 6.54 Å². The fourth-order valence-electron chi connectivity index (χ4n) is 2.19. The fraction of sp³-hybridized carbons (Fsp3) is 0.571. The minimum atomic E-state index is -0.00431. The molecule has 0 amide bonds. The van der Waals surface area contributed by atoms with E-state index in [-0.39, 0.29) is 6.04 Å². The van der Waals surface area contributed by atoms with Crippen LogP contribution in [0.2, 0.25) is 0 Å². The Labute approximate surface area is 115 Å². The number of hydrogen-bond acceptors (Lipinski definition) is 5. The lowest BCUT2D eigenvalue weighted by atomic mass is 10.1. The van der Waals surface area contributed by atoms with Crippen LogP contribution in [-0.4, -0.2) is 45.3 Å². The van der Waals surface area contributed by atoms with Crippen LogP contribution in [-0.2, 0) is 6.54 Å². The number of ether oxygens (including phenoxy) is 2. The summed E-state index contributed by atoms with van der Waals surface area (Å²) < 4.78 is 10.8. The Kier molecular flexibility index (Phi) is 6.08. The number of hydrogen-bond donors (Lipinski definition) is 2. The van der Waals surface area contributed by atoms with E-state index < -0.39 is 0 Å². The van der Waals surface area contributed by atoms with Crippen LogP contribution in [0, 0.1) is 6.92 Å². The Morgan fingerprint density at radius 3 is 2.47 bits per heavy atom. The lowest BCUT2D eigenvalue weighted by molar-refractivity contribution is 0.297. The molecule has 108 valence electrons. The third-order valence-corrected chi connectivity index (χ3v) is 3.15. The molecule has 0 aromatic heterocycles. The normalized spacial score (nSPS) is 12.6. The van der Waals surface area contributed by atoms with Gasteiger partial charge in [0, 0.05) is 36.8 Å². The number of nitrogens with zero attached hydrogens (tertiary/aromatic N) is 1. The van der Waals surface area contributed by atoms with Gasteiger partial charge in [0.15, 0.2) is 0 Å². The quantitative estimate of drug-likeness (QED) is 0.762. The average Bonchev–Trinajstić information content (AvgIpc) is 2.39. The Morgan fingerprint density at radius 2 is 1.95 bits per heavy atom. The molecule has 1 rings (SSSR count). The van der Waals surface area contributed by atoms with Crippen LogP contribution in [0.1, 0.15) is 11.1 Å². The lowest BCUT2D eigenvalue weighted by Crippen LogP contribution is -2.40. The Hall–Kier alpha value is -1.30. The molecule has 0 aliphatic carbocycles. The average molecular weight is 267 g/mol. The van der Waals surface area contributed by atoms with Crippen molar-refractivity contribution in [3.63, 3.8) is 0 Å². The highest BCUT2D eigenvalue weighted by Gasteiger charge is 2.13. The predicted octanol–water partition coefficient (Wildman–Crippen LogP) is 0.730. The van der Waals surface area contributed by atoms with E-state index in [9.17, 15) is 0 Å². The molecule has 0 saturated carbocycles. The summed E-state index contributed by atoms with van der Waals surface area (Å²) in [6.07, 6.45) is 0. The molecule has 0 aliphatic heterocycles.